The molecule has 0 saturated carbocycles. The van der Waals surface area contributed by atoms with Gasteiger partial charge in [-0.15, -0.1) is 24.8 Å². The molecule has 1 amide bonds. The molecule has 1 aromatic rings. The molecule has 0 atom stereocenters. The van der Waals surface area contributed by atoms with Gasteiger partial charge in [-0.1, -0.05) is 0 Å². The molecular weight excluding hydrogens is 327 g/mol. The van der Waals surface area contributed by atoms with Crippen molar-refractivity contribution in [2.75, 3.05) is 50.8 Å². The second-order valence-corrected chi connectivity index (χ2v) is 5.21. The van der Waals surface area contributed by atoms with Crippen LogP contribution in [0.25, 0.3) is 0 Å². The summed E-state index contributed by atoms with van der Waals surface area (Å²) in [6.45, 7) is 5.64. The average molecular weight is 349 g/mol. The van der Waals surface area contributed by atoms with E-state index in [2.05, 4.69) is 20.5 Å². The average Bonchev–Trinajstić information content (AvgIpc) is 2.46. The van der Waals surface area contributed by atoms with Crippen LogP contribution in [0.4, 0.5) is 5.82 Å². The second-order valence-electron chi connectivity index (χ2n) is 5.21. The largest absolute Gasteiger partial charge is 0.378 e. The van der Waals surface area contributed by atoms with Crippen molar-refractivity contribution in [1.29, 1.82) is 0 Å². The number of anilines is 1. The first-order valence-electron chi connectivity index (χ1n) is 7.11. The van der Waals surface area contributed by atoms with Crippen LogP contribution in [-0.2, 0) is 4.74 Å². The van der Waals surface area contributed by atoms with Gasteiger partial charge < -0.3 is 20.3 Å². The van der Waals surface area contributed by atoms with Gasteiger partial charge in [-0.3, -0.25) is 4.79 Å². The first-order chi connectivity index (χ1) is 9.84. The quantitative estimate of drug-likeness (QED) is 0.838. The number of aromatic nitrogens is 1. The van der Waals surface area contributed by atoms with Crippen LogP contribution >= 0.6 is 24.8 Å². The van der Waals surface area contributed by atoms with E-state index < -0.39 is 0 Å². The number of ether oxygens (including phenoxy) is 1. The van der Waals surface area contributed by atoms with Crippen molar-refractivity contribution in [3.8, 4) is 0 Å². The molecule has 0 aliphatic carbocycles. The van der Waals surface area contributed by atoms with Crippen LogP contribution in [0.15, 0.2) is 18.3 Å². The van der Waals surface area contributed by atoms with Crippen molar-refractivity contribution in [2.24, 2.45) is 5.92 Å². The Morgan fingerprint density at radius 3 is 2.73 bits per heavy atom. The lowest BCUT2D eigenvalue weighted by Crippen LogP contribution is -2.48. The molecule has 2 aliphatic heterocycles. The Morgan fingerprint density at radius 1 is 1.36 bits per heavy atom. The number of nitrogens with one attached hydrogen (secondary N) is 2. The van der Waals surface area contributed by atoms with Gasteiger partial charge in [-0.2, -0.15) is 0 Å². The molecule has 2 saturated heterocycles. The Balaban J connectivity index is 0.00000121. The van der Waals surface area contributed by atoms with Gasteiger partial charge in [0.15, 0.2) is 0 Å². The zero-order valence-electron chi connectivity index (χ0n) is 12.3. The van der Waals surface area contributed by atoms with Crippen molar-refractivity contribution < 1.29 is 9.53 Å². The summed E-state index contributed by atoms with van der Waals surface area (Å²) in [5, 5.41) is 6.21. The normalized spacial score (nSPS) is 17.7. The van der Waals surface area contributed by atoms with E-state index in [0.29, 0.717) is 24.7 Å². The molecule has 2 N–H and O–H groups in total. The number of halogens is 2. The molecule has 0 bridgehead atoms. The summed E-state index contributed by atoms with van der Waals surface area (Å²) in [5.74, 6) is 1.29. The topological polar surface area (TPSA) is 66.5 Å². The number of hydrogen-bond donors (Lipinski definition) is 2. The molecule has 0 unspecified atom stereocenters. The molecule has 1 aromatic heterocycles. The maximum absolute atomic E-state index is 12.3. The number of carbonyl (C=O) groups is 1. The number of pyridine rings is 1. The van der Waals surface area contributed by atoms with Crippen LogP contribution in [0.1, 0.15) is 10.4 Å². The zero-order valence-corrected chi connectivity index (χ0v) is 13.9. The number of nitrogens with zero attached hydrogens (tertiary/aromatic N) is 2. The molecule has 22 heavy (non-hydrogen) atoms. The van der Waals surface area contributed by atoms with E-state index in [1.807, 2.05) is 12.1 Å². The van der Waals surface area contributed by atoms with Crippen LogP contribution in [-0.4, -0.2) is 56.8 Å². The van der Waals surface area contributed by atoms with Crippen molar-refractivity contribution in [3.05, 3.63) is 23.9 Å². The molecule has 0 radical (unpaired) electrons. The van der Waals surface area contributed by atoms with Gasteiger partial charge in [0.2, 0.25) is 0 Å². The number of hydrogen-bond acceptors (Lipinski definition) is 5. The van der Waals surface area contributed by atoms with E-state index in [4.69, 9.17) is 4.74 Å². The lowest BCUT2D eigenvalue weighted by atomic mass is 10.0. The smallest absolute Gasteiger partial charge is 0.255 e. The first kappa shape index (κ1) is 19.0. The van der Waals surface area contributed by atoms with Gasteiger partial charge in [0.05, 0.1) is 18.8 Å². The summed E-state index contributed by atoms with van der Waals surface area (Å²) in [7, 11) is 0. The van der Waals surface area contributed by atoms with Crippen LogP contribution < -0.4 is 15.5 Å². The third-order valence-electron chi connectivity index (χ3n) is 3.76. The Labute approximate surface area is 142 Å². The summed E-state index contributed by atoms with van der Waals surface area (Å²) in [4.78, 5) is 18.8. The molecule has 3 heterocycles. The Bertz CT molecular complexity index is 480. The summed E-state index contributed by atoms with van der Waals surface area (Å²) in [6, 6.07) is 3.65. The van der Waals surface area contributed by atoms with Crippen LogP contribution in [0.2, 0.25) is 0 Å². The van der Waals surface area contributed by atoms with E-state index in [9.17, 15) is 4.79 Å². The third kappa shape index (κ3) is 4.46. The van der Waals surface area contributed by atoms with Gasteiger partial charge in [0.25, 0.3) is 5.91 Å². The summed E-state index contributed by atoms with van der Waals surface area (Å²) < 4.78 is 5.35. The van der Waals surface area contributed by atoms with Crippen LogP contribution in [0.3, 0.4) is 0 Å². The van der Waals surface area contributed by atoms with Gasteiger partial charge in [0, 0.05) is 44.8 Å². The minimum absolute atomic E-state index is 0. The van der Waals surface area contributed by atoms with Crippen molar-refractivity contribution in [2.45, 2.75) is 0 Å². The minimum Gasteiger partial charge on any atom is -0.378 e. The Morgan fingerprint density at radius 2 is 2.09 bits per heavy atom. The predicted molar refractivity (Wildman–Crippen MR) is 90.5 cm³/mol. The Hall–Kier alpha value is -1.08. The standard InChI is InChI=1S/C14H20N4O2.2ClH/c19-14(17-10-11-8-15-9-11)12-2-1-3-16-13(12)18-4-6-20-7-5-18;;/h1-3,11,15H,4-10H2,(H,17,19);2*1H. The number of carbonyl (C=O) groups excluding carboxylic acids is 1. The van der Waals surface area contributed by atoms with Crippen molar-refractivity contribution in [3.63, 3.8) is 0 Å². The number of amides is 1. The zero-order chi connectivity index (χ0) is 13.8. The van der Waals surface area contributed by atoms with E-state index in [0.717, 1.165) is 38.5 Å². The molecule has 6 nitrogen and oxygen atoms in total. The lowest BCUT2D eigenvalue weighted by Gasteiger charge is -2.30. The highest BCUT2D eigenvalue weighted by Gasteiger charge is 2.22. The molecule has 8 heteroatoms. The van der Waals surface area contributed by atoms with Crippen LogP contribution in [0.5, 0.6) is 0 Å². The summed E-state index contributed by atoms with van der Waals surface area (Å²) >= 11 is 0. The lowest BCUT2D eigenvalue weighted by molar-refractivity contribution is 0.0940. The fourth-order valence-electron chi connectivity index (χ4n) is 2.43. The highest BCUT2D eigenvalue weighted by atomic mass is 35.5. The third-order valence-corrected chi connectivity index (χ3v) is 3.76. The summed E-state index contributed by atoms with van der Waals surface area (Å²) in [5.41, 5.74) is 0.654. The van der Waals surface area contributed by atoms with Crippen molar-refractivity contribution >= 4 is 36.5 Å². The van der Waals surface area contributed by atoms with E-state index in [1.54, 1.807) is 6.20 Å². The SMILES string of the molecule is Cl.Cl.O=C(NCC1CNC1)c1cccnc1N1CCOCC1. The van der Waals surface area contributed by atoms with Crippen LogP contribution in [0, 0.1) is 5.92 Å². The number of morpholine rings is 1. The van der Waals surface area contributed by atoms with E-state index >= 15 is 0 Å². The molecular formula is C14H22Cl2N4O2. The van der Waals surface area contributed by atoms with E-state index in [-0.39, 0.29) is 30.7 Å². The highest BCUT2D eigenvalue weighted by molar-refractivity contribution is 5.98. The molecule has 2 aliphatic rings. The molecule has 0 spiro atoms. The molecule has 3 rings (SSSR count). The fraction of sp³-hybridized carbons (Fsp3) is 0.571. The Kier molecular flexibility index (Phi) is 7.89. The van der Waals surface area contributed by atoms with Gasteiger partial charge in [0.1, 0.15) is 5.82 Å². The van der Waals surface area contributed by atoms with Gasteiger partial charge in [-0.05, 0) is 12.1 Å². The molecule has 2 fully saturated rings. The second kappa shape index (κ2) is 9.15. The maximum Gasteiger partial charge on any atom is 0.255 e. The van der Waals surface area contributed by atoms with Gasteiger partial charge in [-0.25, -0.2) is 4.98 Å². The number of rotatable bonds is 4. The van der Waals surface area contributed by atoms with E-state index in [1.165, 1.54) is 0 Å². The first-order valence-corrected chi connectivity index (χ1v) is 7.11. The molecule has 124 valence electrons. The van der Waals surface area contributed by atoms with Crippen molar-refractivity contribution in [1.82, 2.24) is 15.6 Å². The summed E-state index contributed by atoms with van der Waals surface area (Å²) in [6.07, 6.45) is 1.73. The fourth-order valence-corrected chi connectivity index (χ4v) is 2.43. The van der Waals surface area contributed by atoms with Gasteiger partial charge >= 0.3 is 0 Å². The maximum atomic E-state index is 12.3. The highest BCUT2D eigenvalue weighted by Crippen LogP contribution is 2.18. The monoisotopic (exact) mass is 348 g/mol. The minimum atomic E-state index is -0.0357. The molecule has 0 aromatic carbocycles. The predicted octanol–water partition coefficient (Wildman–Crippen LogP) is 0.711.